The molecule has 1 aromatic carbocycles. The van der Waals surface area contributed by atoms with Crippen LogP contribution in [-0.2, 0) is 0 Å². The van der Waals surface area contributed by atoms with Gasteiger partial charge in [-0.1, -0.05) is 23.2 Å². The summed E-state index contributed by atoms with van der Waals surface area (Å²) in [5, 5.41) is 2.68. The van der Waals surface area contributed by atoms with Crippen molar-refractivity contribution in [2.24, 2.45) is 5.84 Å². The smallest absolute Gasteiger partial charge is 0.257 e. The van der Waals surface area contributed by atoms with Gasteiger partial charge in [-0.25, -0.2) is 15.2 Å². The van der Waals surface area contributed by atoms with Crippen molar-refractivity contribution in [3.05, 3.63) is 51.9 Å². The number of carbonyl (C=O) groups excluding carboxylic acids is 1. The molecule has 0 saturated heterocycles. The fraction of sp³-hybridized carbons (Fsp3) is 0. The summed E-state index contributed by atoms with van der Waals surface area (Å²) in [5.74, 6) is 4.33. The fourth-order valence-electron chi connectivity index (χ4n) is 1.45. The summed E-state index contributed by atoms with van der Waals surface area (Å²) in [6.45, 7) is 0. The number of aromatic nitrogens is 1. The van der Waals surface area contributed by atoms with E-state index in [1.54, 1.807) is 0 Å². The summed E-state index contributed by atoms with van der Waals surface area (Å²) in [7, 11) is 0. The molecule has 0 fully saturated rings. The Morgan fingerprint density at radius 3 is 2.60 bits per heavy atom. The summed E-state index contributed by atoms with van der Waals surface area (Å²) in [5.41, 5.74) is 2.77. The van der Waals surface area contributed by atoms with Crippen LogP contribution in [-0.4, -0.2) is 10.9 Å². The van der Waals surface area contributed by atoms with Gasteiger partial charge in [0.1, 0.15) is 5.82 Å². The average Bonchev–Trinajstić information content (AvgIpc) is 2.42. The van der Waals surface area contributed by atoms with E-state index in [-0.39, 0.29) is 27.1 Å². The summed E-state index contributed by atoms with van der Waals surface area (Å²) in [6.07, 6.45) is 1.29. The fourth-order valence-corrected chi connectivity index (χ4v) is 1.78. The van der Waals surface area contributed by atoms with Crippen molar-refractivity contribution >= 4 is 40.6 Å². The van der Waals surface area contributed by atoms with Crippen LogP contribution in [0.4, 0.5) is 15.9 Å². The highest BCUT2D eigenvalue weighted by Crippen LogP contribution is 2.21. The van der Waals surface area contributed by atoms with Crippen LogP contribution in [0, 0.1) is 5.82 Å². The van der Waals surface area contributed by atoms with Crippen LogP contribution < -0.4 is 16.6 Å². The minimum absolute atomic E-state index is 0.0221. The van der Waals surface area contributed by atoms with Crippen LogP contribution >= 0.6 is 23.2 Å². The summed E-state index contributed by atoms with van der Waals surface area (Å²) >= 11 is 11.4. The van der Waals surface area contributed by atoms with Crippen molar-refractivity contribution in [1.82, 2.24) is 4.98 Å². The Hall–Kier alpha value is -1.89. The number of nitrogens with one attached hydrogen (secondary N) is 2. The van der Waals surface area contributed by atoms with Gasteiger partial charge in [-0.3, -0.25) is 4.79 Å². The zero-order valence-corrected chi connectivity index (χ0v) is 11.5. The molecule has 0 bridgehead atoms. The molecule has 0 unspecified atom stereocenters. The maximum atomic E-state index is 13.3. The second-order valence-corrected chi connectivity index (χ2v) is 4.60. The van der Waals surface area contributed by atoms with Crippen LogP contribution in [0.25, 0.3) is 0 Å². The van der Waals surface area contributed by atoms with Gasteiger partial charge >= 0.3 is 0 Å². The van der Waals surface area contributed by atoms with E-state index in [9.17, 15) is 9.18 Å². The standard InChI is InChI=1S/C12H9Cl2FN4O/c13-8-2-1-7(4-10(8)15)18-12(20)6-3-9(14)11(19-16)17-5-6/h1-5H,16H2,(H,17,19)(H,18,20). The highest BCUT2D eigenvalue weighted by atomic mass is 35.5. The summed E-state index contributed by atoms with van der Waals surface area (Å²) in [6, 6.07) is 5.34. The average molecular weight is 315 g/mol. The van der Waals surface area contributed by atoms with Crippen molar-refractivity contribution in [3.63, 3.8) is 0 Å². The normalized spacial score (nSPS) is 10.2. The number of hydrogen-bond donors (Lipinski definition) is 3. The maximum absolute atomic E-state index is 13.3. The molecule has 104 valence electrons. The van der Waals surface area contributed by atoms with Crippen LogP contribution in [0.3, 0.4) is 0 Å². The molecule has 1 amide bonds. The van der Waals surface area contributed by atoms with Crippen molar-refractivity contribution in [2.45, 2.75) is 0 Å². The molecule has 0 saturated carbocycles. The lowest BCUT2D eigenvalue weighted by Crippen LogP contribution is -2.14. The Labute approximate surface area is 123 Å². The van der Waals surface area contributed by atoms with Crippen molar-refractivity contribution < 1.29 is 9.18 Å². The van der Waals surface area contributed by atoms with Gasteiger partial charge in [0.25, 0.3) is 5.91 Å². The number of halogens is 3. The van der Waals surface area contributed by atoms with E-state index in [0.717, 1.165) is 6.07 Å². The summed E-state index contributed by atoms with van der Waals surface area (Å²) in [4.78, 5) is 15.8. The topological polar surface area (TPSA) is 80.0 Å². The van der Waals surface area contributed by atoms with Gasteiger partial charge in [0.2, 0.25) is 0 Å². The Bertz CT molecular complexity index is 666. The van der Waals surface area contributed by atoms with Crippen molar-refractivity contribution in [1.29, 1.82) is 0 Å². The lowest BCUT2D eigenvalue weighted by atomic mass is 10.2. The van der Waals surface area contributed by atoms with Crippen LogP contribution in [0.15, 0.2) is 30.5 Å². The number of benzene rings is 1. The van der Waals surface area contributed by atoms with E-state index in [1.807, 2.05) is 0 Å². The highest BCUT2D eigenvalue weighted by Gasteiger charge is 2.11. The third kappa shape index (κ3) is 3.16. The van der Waals surface area contributed by atoms with Gasteiger partial charge in [-0.15, -0.1) is 0 Å². The number of amides is 1. The number of hydrogen-bond acceptors (Lipinski definition) is 4. The molecule has 1 aromatic heterocycles. The van der Waals surface area contributed by atoms with Gasteiger partial charge in [0.15, 0.2) is 5.82 Å². The highest BCUT2D eigenvalue weighted by molar-refractivity contribution is 6.33. The molecule has 0 spiro atoms. The van der Waals surface area contributed by atoms with Gasteiger partial charge in [0.05, 0.1) is 15.6 Å². The minimum Gasteiger partial charge on any atom is -0.322 e. The van der Waals surface area contributed by atoms with Gasteiger partial charge in [-0.2, -0.15) is 0 Å². The van der Waals surface area contributed by atoms with E-state index in [1.165, 1.54) is 24.4 Å². The number of nitrogens with zero attached hydrogens (tertiary/aromatic N) is 1. The predicted molar refractivity (Wildman–Crippen MR) is 76.4 cm³/mol. The Morgan fingerprint density at radius 1 is 1.25 bits per heavy atom. The Kier molecular flexibility index (Phi) is 4.39. The zero-order chi connectivity index (χ0) is 14.7. The number of carbonyl (C=O) groups is 1. The molecule has 2 aromatic rings. The molecular weight excluding hydrogens is 306 g/mol. The molecule has 0 atom stereocenters. The second kappa shape index (κ2) is 6.04. The van der Waals surface area contributed by atoms with Crippen molar-refractivity contribution in [3.8, 4) is 0 Å². The number of nitrogen functional groups attached to an aromatic ring is 1. The van der Waals surface area contributed by atoms with Crippen molar-refractivity contribution in [2.75, 3.05) is 10.7 Å². The number of nitrogens with two attached hydrogens (primary N) is 1. The largest absolute Gasteiger partial charge is 0.322 e. The van der Waals surface area contributed by atoms with E-state index >= 15 is 0 Å². The molecule has 0 aliphatic rings. The molecule has 2 rings (SSSR count). The lowest BCUT2D eigenvalue weighted by Gasteiger charge is -2.07. The van der Waals surface area contributed by atoms with Crippen LogP contribution in [0.2, 0.25) is 10.0 Å². The van der Waals surface area contributed by atoms with E-state index in [2.05, 4.69) is 15.7 Å². The number of hydrazine groups is 1. The molecular formula is C12H9Cl2FN4O. The molecule has 20 heavy (non-hydrogen) atoms. The first kappa shape index (κ1) is 14.5. The maximum Gasteiger partial charge on any atom is 0.257 e. The number of pyridine rings is 1. The molecule has 5 nitrogen and oxygen atoms in total. The van der Waals surface area contributed by atoms with E-state index in [0.29, 0.717) is 0 Å². The van der Waals surface area contributed by atoms with E-state index in [4.69, 9.17) is 29.0 Å². The van der Waals surface area contributed by atoms with Gasteiger partial charge in [-0.05, 0) is 24.3 Å². The number of anilines is 2. The SMILES string of the molecule is NNc1ncc(C(=O)Nc2ccc(Cl)c(F)c2)cc1Cl. The molecule has 0 aliphatic carbocycles. The Morgan fingerprint density at radius 2 is 2.00 bits per heavy atom. The quantitative estimate of drug-likeness (QED) is 0.601. The van der Waals surface area contributed by atoms with Crippen LogP contribution in [0.1, 0.15) is 10.4 Å². The molecule has 0 radical (unpaired) electrons. The molecule has 0 aliphatic heterocycles. The number of rotatable bonds is 3. The first-order chi connectivity index (χ1) is 9.51. The third-order valence-electron chi connectivity index (χ3n) is 2.42. The zero-order valence-electron chi connectivity index (χ0n) is 9.95. The molecule has 8 heteroatoms. The first-order valence-electron chi connectivity index (χ1n) is 5.40. The summed E-state index contributed by atoms with van der Waals surface area (Å²) < 4.78 is 13.3. The van der Waals surface area contributed by atoms with Gasteiger partial charge in [0, 0.05) is 11.9 Å². The second-order valence-electron chi connectivity index (χ2n) is 3.78. The van der Waals surface area contributed by atoms with Gasteiger partial charge < -0.3 is 10.7 Å². The lowest BCUT2D eigenvalue weighted by molar-refractivity contribution is 0.102. The minimum atomic E-state index is -0.622. The first-order valence-corrected chi connectivity index (χ1v) is 6.15. The van der Waals surface area contributed by atoms with E-state index < -0.39 is 11.7 Å². The molecule has 1 heterocycles. The Balaban J connectivity index is 2.19. The third-order valence-corrected chi connectivity index (χ3v) is 3.01. The monoisotopic (exact) mass is 314 g/mol. The molecule has 4 N–H and O–H groups in total. The van der Waals surface area contributed by atoms with Crippen LogP contribution in [0.5, 0.6) is 0 Å². The predicted octanol–water partition coefficient (Wildman–Crippen LogP) is 3.07.